The first-order valence-corrected chi connectivity index (χ1v) is 9.22. The predicted octanol–water partition coefficient (Wildman–Crippen LogP) is 4.45. The fraction of sp³-hybridized carbons (Fsp3) is 0.150. The van der Waals surface area contributed by atoms with E-state index in [-0.39, 0.29) is 12.1 Å². The molecule has 2 aromatic carbocycles. The zero-order valence-corrected chi connectivity index (χ0v) is 16.2. The van der Waals surface area contributed by atoms with Gasteiger partial charge in [-0.25, -0.2) is 17.9 Å². The molecule has 3 aromatic rings. The second-order valence-corrected chi connectivity index (χ2v) is 7.22. The van der Waals surface area contributed by atoms with Gasteiger partial charge in [0.25, 0.3) is 0 Å². The van der Waals surface area contributed by atoms with Crippen molar-refractivity contribution in [2.75, 3.05) is 10.6 Å². The molecule has 4 rings (SSSR count). The lowest BCUT2D eigenvalue weighted by Gasteiger charge is -2.24. The van der Waals surface area contributed by atoms with Crippen molar-refractivity contribution in [1.29, 1.82) is 0 Å². The van der Waals surface area contributed by atoms with Gasteiger partial charge in [0.2, 0.25) is 11.8 Å². The number of anilines is 2. The molecule has 0 aliphatic carbocycles. The molecule has 0 saturated carbocycles. The van der Waals surface area contributed by atoms with E-state index in [1.165, 1.54) is 4.68 Å². The van der Waals surface area contributed by atoms with E-state index in [1.807, 2.05) is 0 Å². The number of rotatable bonds is 3. The second-order valence-electron chi connectivity index (χ2n) is 6.78. The Morgan fingerprint density at radius 2 is 1.83 bits per heavy atom. The highest BCUT2D eigenvalue weighted by Crippen LogP contribution is 2.35. The molecule has 10 heteroatoms. The van der Waals surface area contributed by atoms with Crippen molar-refractivity contribution in [2.45, 2.75) is 19.4 Å². The van der Waals surface area contributed by atoms with E-state index in [0.717, 1.165) is 5.56 Å². The van der Waals surface area contributed by atoms with Gasteiger partial charge in [-0.15, -0.1) is 0 Å². The molecule has 6 nitrogen and oxygen atoms in total. The van der Waals surface area contributed by atoms with Gasteiger partial charge in [0.05, 0.1) is 12.1 Å². The lowest BCUT2D eigenvalue weighted by molar-refractivity contribution is -0.125. The minimum Gasteiger partial charge on any atom is -0.324 e. The average Bonchev–Trinajstić information content (AvgIpc) is 3.02. The van der Waals surface area contributed by atoms with E-state index in [2.05, 4.69) is 15.7 Å². The summed E-state index contributed by atoms with van der Waals surface area (Å²) in [4.78, 5) is 24.9. The number of hydrogen-bond donors (Lipinski definition) is 2. The number of hydrogen-bond acceptors (Lipinski definition) is 3. The average molecular weight is 435 g/mol. The van der Waals surface area contributed by atoms with Crippen molar-refractivity contribution < 1.29 is 22.8 Å². The predicted molar refractivity (Wildman–Crippen MR) is 105 cm³/mol. The Kier molecular flexibility index (Phi) is 4.98. The van der Waals surface area contributed by atoms with E-state index in [4.69, 9.17) is 11.6 Å². The molecule has 0 spiro atoms. The summed E-state index contributed by atoms with van der Waals surface area (Å²) in [6.45, 7) is 1.74. The van der Waals surface area contributed by atoms with Gasteiger partial charge >= 0.3 is 0 Å². The molecule has 0 fully saturated rings. The monoisotopic (exact) mass is 434 g/mol. The van der Waals surface area contributed by atoms with Crippen LogP contribution in [0.15, 0.2) is 36.4 Å². The van der Waals surface area contributed by atoms with Gasteiger partial charge in [0.15, 0.2) is 17.5 Å². The molecule has 1 aliphatic heterocycles. The zero-order valence-electron chi connectivity index (χ0n) is 15.5. The van der Waals surface area contributed by atoms with E-state index in [9.17, 15) is 22.8 Å². The van der Waals surface area contributed by atoms with Crippen molar-refractivity contribution in [1.82, 2.24) is 9.78 Å². The number of fused-ring (bicyclic) bond motifs is 1. The largest absolute Gasteiger partial charge is 0.324 e. The normalized spacial score (nSPS) is 15.5. The molecule has 1 aliphatic rings. The minimum absolute atomic E-state index is 0.230. The van der Waals surface area contributed by atoms with Crippen molar-refractivity contribution >= 4 is 34.9 Å². The lowest BCUT2D eigenvalue weighted by atomic mass is 10.1. The van der Waals surface area contributed by atoms with Gasteiger partial charge in [0, 0.05) is 34.0 Å². The third-order valence-electron chi connectivity index (χ3n) is 4.75. The van der Waals surface area contributed by atoms with E-state index >= 15 is 0 Å². The van der Waals surface area contributed by atoms with Gasteiger partial charge in [-0.1, -0.05) is 23.7 Å². The summed E-state index contributed by atoms with van der Waals surface area (Å²) in [6, 6.07) is 7.14. The summed E-state index contributed by atoms with van der Waals surface area (Å²) in [5.74, 6) is -5.30. The molecule has 2 amide bonds. The van der Waals surface area contributed by atoms with Gasteiger partial charge in [-0.2, -0.15) is 5.10 Å². The smallest absolute Gasteiger partial charge is 0.249 e. The molecule has 154 valence electrons. The molecule has 1 aromatic heterocycles. The Hall–Kier alpha value is -3.33. The number of carbonyl (C=O) groups excluding carboxylic acids is 2. The number of benzene rings is 2. The number of carbonyl (C=O) groups is 2. The van der Waals surface area contributed by atoms with Gasteiger partial charge < -0.3 is 10.6 Å². The number of nitrogens with one attached hydrogen (secondary N) is 2. The summed E-state index contributed by atoms with van der Waals surface area (Å²) in [7, 11) is 0. The van der Waals surface area contributed by atoms with Crippen LogP contribution in [-0.2, 0) is 9.59 Å². The van der Waals surface area contributed by atoms with Crippen molar-refractivity contribution in [3.63, 3.8) is 0 Å². The lowest BCUT2D eigenvalue weighted by Crippen LogP contribution is -2.36. The molecule has 0 radical (unpaired) electrons. The van der Waals surface area contributed by atoms with Crippen molar-refractivity contribution in [3.8, 4) is 11.3 Å². The third-order valence-corrected chi connectivity index (χ3v) is 5.00. The standard InChI is InChI=1S/C20H14ClF3N4O2/c1-9-18(10-2-4-11(21)5-3-10)27-28-15(8-16(29)26-19(9)28)20(30)25-12-6-13(22)17(24)14(23)7-12/h2-7,15H,8H2,1H3,(H,25,30)(H,26,29)/t15-/m1/s1. The third kappa shape index (κ3) is 3.52. The zero-order chi connectivity index (χ0) is 21.6. The van der Waals surface area contributed by atoms with Gasteiger partial charge in [-0.05, 0) is 19.1 Å². The maximum atomic E-state index is 13.4. The van der Waals surface area contributed by atoms with Crippen LogP contribution in [-0.4, -0.2) is 21.6 Å². The molecular weight excluding hydrogens is 421 g/mol. The van der Waals surface area contributed by atoms with Crippen molar-refractivity contribution in [3.05, 3.63) is 64.4 Å². The van der Waals surface area contributed by atoms with Crippen LogP contribution >= 0.6 is 11.6 Å². The summed E-state index contributed by atoms with van der Waals surface area (Å²) >= 11 is 5.92. The van der Waals surface area contributed by atoms with E-state index in [0.29, 0.717) is 34.2 Å². The SMILES string of the molecule is Cc1c(-c2ccc(Cl)cc2)nn2c1NC(=O)C[C@@H]2C(=O)Nc1cc(F)c(F)c(F)c1. The second kappa shape index (κ2) is 7.49. The first-order valence-electron chi connectivity index (χ1n) is 8.85. The summed E-state index contributed by atoms with van der Waals surface area (Å²) in [6.07, 6.45) is -0.230. The summed E-state index contributed by atoms with van der Waals surface area (Å²) < 4.78 is 41.4. The van der Waals surface area contributed by atoms with Crippen LogP contribution in [0.3, 0.4) is 0 Å². The highest BCUT2D eigenvalue weighted by atomic mass is 35.5. The van der Waals surface area contributed by atoms with Crippen molar-refractivity contribution in [2.24, 2.45) is 0 Å². The van der Waals surface area contributed by atoms with Crippen LogP contribution in [0.25, 0.3) is 11.3 Å². The van der Waals surface area contributed by atoms with E-state index < -0.39 is 35.3 Å². The molecule has 0 unspecified atom stereocenters. The number of aromatic nitrogens is 2. The molecule has 30 heavy (non-hydrogen) atoms. The Labute approximate surface area is 173 Å². The topological polar surface area (TPSA) is 76.0 Å². The van der Waals surface area contributed by atoms with Crippen LogP contribution in [0.5, 0.6) is 0 Å². The Morgan fingerprint density at radius 3 is 2.47 bits per heavy atom. The van der Waals surface area contributed by atoms with Gasteiger partial charge in [-0.3, -0.25) is 9.59 Å². The van der Waals surface area contributed by atoms with Crippen LogP contribution in [0.4, 0.5) is 24.7 Å². The first-order chi connectivity index (χ1) is 14.2. The Bertz CT molecular complexity index is 1150. The fourth-order valence-corrected chi connectivity index (χ4v) is 3.40. The molecule has 2 heterocycles. The number of amides is 2. The minimum atomic E-state index is -1.64. The van der Waals surface area contributed by atoms with Crippen LogP contribution in [0, 0.1) is 24.4 Å². The molecule has 0 saturated heterocycles. The fourth-order valence-electron chi connectivity index (χ4n) is 3.28. The molecule has 2 N–H and O–H groups in total. The van der Waals surface area contributed by atoms with Crippen LogP contribution in [0.1, 0.15) is 18.0 Å². The number of nitrogens with zero attached hydrogens (tertiary/aromatic N) is 2. The van der Waals surface area contributed by atoms with E-state index in [1.54, 1.807) is 31.2 Å². The van der Waals surface area contributed by atoms with Crippen LogP contribution < -0.4 is 10.6 Å². The highest BCUT2D eigenvalue weighted by Gasteiger charge is 2.34. The summed E-state index contributed by atoms with van der Waals surface area (Å²) in [5, 5.41) is 10.0. The molecular formula is C20H14ClF3N4O2. The first kappa shape index (κ1) is 20.0. The molecule has 1 atom stereocenters. The maximum Gasteiger partial charge on any atom is 0.249 e. The van der Waals surface area contributed by atoms with Gasteiger partial charge in [0.1, 0.15) is 11.9 Å². The number of halogens is 4. The quantitative estimate of drug-likeness (QED) is 0.598. The molecule has 0 bridgehead atoms. The Morgan fingerprint density at radius 1 is 1.20 bits per heavy atom. The highest BCUT2D eigenvalue weighted by molar-refractivity contribution is 6.30. The summed E-state index contributed by atoms with van der Waals surface area (Å²) in [5.41, 5.74) is 1.64. The Balaban J connectivity index is 1.69. The maximum absolute atomic E-state index is 13.4. The van der Waals surface area contributed by atoms with Crippen LogP contribution in [0.2, 0.25) is 5.02 Å².